The number of ether oxygens (including phenoxy) is 2. The fourth-order valence-corrected chi connectivity index (χ4v) is 5.04. The molecule has 3 heterocycles. The first-order chi connectivity index (χ1) is 15.2. The molecule has 7 heteroatoms. The van der Waals surface area contributed by atoms with Crippen LogP contribution in [0.2, 0.25) is 0 Å². The molecular weight excluding hydrogens is 424 g/mol. The van der Waals surface area contributed by atoms with Crippen molar-refractivity contribution in [2.45, 2.75) is 45.3 Å². The number of hydrogen-bond donors (Lipinski definition) is 0. The van der Waals surface area contributed by atoms with Crippen LogP contribution in [-0.4, -0.2) is 35.8 Å². The van der Waals surface area contributed by atoms with Crippen molar-refractivity contribution in [1.29, 1.82) is 0 Å². The number of amides is 1. The zero-order valence-electron chi connectivity index (χ0n) is 19.0. The predicted molar refractivity (Wildman–Crippen MR) is 126 cm³/mol. The fraction of sp³-hybridized carbons (Fsp3) is 0.360. The number of hydrogen-bond acceptors (Lipinski definition) is 5. The van der Waals surface area contributed by atoms with Crippen LogP contribution in [0.5, 0.6) is 0 Å². The molecule has 1 amide bonds. The van der Waals surface area contributed by atoms with Gasteiger partial charge in [-0.1, -0.05) is 19.1 Å². The summed E-state index contributed by atoms with van der Waals surface area (Å²) in [5, 5.41) is 2.02. The topological polar surface area (TPSA) is 60.8 Å². The van der Waals surface area contributed by atoms with Crippen molar-refractivity contribution in [3.8, 4) is 11.3 Å². The Balaban J connectivity index is 1.88. The molecule has 1 aliphatic rings. The Kier molecular flexibility index (Phi) is 5.73. The molecule has 1 unspecified atom stereocenters. The minimum atomic E-state index is -0.747. The van der Waals surface area contributed by atoms with E-state index >= 15 is 0 Å². The highest BCUT2D eigenvalue weighted by atomic mass is 32.1. The number of nitrogens with zero attached hydrogens (tertiary/aromatic N) is 2. The Morgan fingerprint density at radius 1 is 1.22 bits per heavy atom. The van der Waals surface area contributed by atoms with Gasteiger partial charge in [0.2, 0.25) is 0 Å². The lowest BCUT2D eigenvalue weighted by molar-refractivity contribution is -0.127. The minimum Gasteiger partial charge on any atom is -0.443 e. The highest BCUT2D eigenvalue weighted by molar-refractivity contribution is 7.10. The molecule has 4 rings (SSSR count). The maximum atomic E-state index is 12.8. The van der Waals surface area contributed by atoms with Gasteiger partial charge in [0.1, 0.15) is 17.8 Å². The zero-order valence-corrected chi connectivity index (χ0v) is 19.9. The lowest BCUT2D eigenvalue weighted by Gasteiger charge is -2.32. The summed E-state index contributed by atoms with van der Waals surface area (Å²) in [5.74, 6) is -0.0944. The predicted octanol–water partition coefficient (Wildman–Crippen LogP) is 5.65. The van der Waals surface area contributed by atoms with E-state index in [9.17, 15) is 9.59 Å². The molecule has 0 bridgehead atoms. The van der Waals surface area contributed by atoms with E-state index in [4.69, 9.17) is 9.47 Å². The van der Waals surface area contributed by atoms with E-state index in [-0.39, 0.29) is 12.5 Å². The third-order valence-corrected chi connectivity index (χ3v) is 6.67. The monoisotopic (exact) mass is 452 g/mol. The summed E-state index contributed by atoms with van der Waals surface area (Å²) in [6.45, 7) is 7.60. The maximum absolute atomic E-state index is 12.8. The van der Waals surface area contributed by atoms with Crippen LogP contribution in [0.4, 0.5) is 10.5 Å². The number of aromatic nitrogens is 1. The summed E-state index contributed by atoms with van der Waals surface area (Å²) < 4.78 is 13.4. The van der Waals surface area contributed by atoms with E-state index in [1.165, 1.54) is 4.57 Å². The van der Waals surface area contributed by atoms with Crippen molar-refractivity contribution in [2.75, 3.05) is 18.6 Å². The SMILES string of the molecule is CCC1(c2cccs2)OCC(=O)N(C)c2ccc(-c3cccn3C(=O)OC(C)(C)C)cc21. The van der Waals surface area contributed by atoms with Crippen molar-refractivity contribution in [2.24, 2.45) is 0 Å². The van der Waals surface area contributed by atoms with Gasteiger partial charge >= 0.3 is 6.09 Å². The Bertz CT molecular complexity index is 1140. The molecule has 0 saturated heterocycles. The Morgan fingerprint density at radius 3 is 2.66 bits per heavy atom. The minimum absolute atomic E-state index is 0.000535. The lowest BCUT2D eigenvalue weighted by Crippen LogP contribution is -2.31. The van der Waals surface area contributed by atoms with Crippen LogP contribution in [0.1, 0.15) is 44.6 Å². The van der Waals surface area contributed by atoms with Crippen molar-refractivity contribution < 1.29 is 19.1 Å². The first kappa shape index (κ1) is 22.3. The second kappa shape index (κ2) is 8.22. The molecule has 0 spiro atoms. The molecule has 0 radical (unpaired) electrons. The summed E-state index contributed by atoms with van der Waals surface area (Å²) in [6.07, 6.45) is 1.93. The summed E-state index contributed by atoms with van der Waals surface area (Å²) >= 11 is 1.61. The number of rotatable bonds is 3. The highest BCUT2D eigenvalue weighted by Crippen LogP contribution is 2.46. The first-order valence-corrected chi connectivity index (χ1v) is 11.5. The van der Waals surface area contributed by atoms with Gasteiger partial charge in [0.25, 0.3) is 5.91 Å². The third-order valence-electron chi connectivity index (χ3n) is 5.66. The molecule has 1 atom stereocenters. The van der Waals surface area contributed by atoms with Crippen LogP contribution < -0.4 is 4.90 Å². The van der Waals surface area contributed by atoms with E-state index in [0.717, 1.165) is 27.4 Å². The molecule has 0 aliphatic carbocycles. The van der Waals surface area contributed by atoms with Crippen LogP contribution in [0.15, 0.2) is 54.0 Å². The largest absolute Gasteiger partial charge is 0.443 e. The zero-order chi connectivity index (χ0) is 23.1. The molecule has 1 aliphatic heterocycles. The second-order valence-corrected chi connectivity index (χ2v) is 9.82. The van der Waals surface area contributed by atoms with Gasteiger partial charge in [-0.15, -0.1) is 11.3 Å². The molecule has 3 aromatic rings. The summed E-state index contributed by atoms with van der Waals surface area (Å²) in [5.41, 5.74) is 1.94. The molecule has 0 N–H and O–H groups in total. The summed E-state index contributed by atoms with van der Waals surface area (Å²) in [6, 6.07) is 13.6. The number of carbonyl (C=O) groups is 2. The quantitative estimate of drug-likeness (QED) is 0.515. The van der Waals surface area contributed by atoms with Crippen molar-refractivity contribution in [3.63, 3.8) is 0 Å². The molecule has 2 aromatic heterocycles. The van der Waals surface area contributed by atoms with E-state index in [1.54, 1.807) is 29.5 Å². The fourth-order valence-electron chi connectivity index (χ4n) is 4.07. The maximum Gasteiger partial charge on any atom is 0.418 e. The van der Waals surface area contributed by atoms with Crippen LogP contribution in [0.25, 0.3) is 11.3 Å². The third kappa shape index (κ3) is 3.87. The lowest BCUT2D eigenvalue weighted by atomic mass is 9.86. The molecule has 32 heavy (non-hydrogen) atoms. The smallest absolute Gasteiger partial charge is 0.418 e. The molecule has 168 valence electrons. The van der Waals surface area contributed by atoms with E-state index in [1.807, 2.05) is 68.6 Å². The van der Waals surface area contributed by atoms with Crippen LogP contribution in [0.3, 0.4) is 0 Å². The molecular formula is C25H28N2O4S. The van der Waals surface area contributed by atoms with Crippen LogP contribution >= 0.6 is 11.3 Å². The Hall–Kier alpha value is -2.90. The average Bonchev–Trinajstić information content (AvgIpc) is 3.43. The molecule has 1 aromatic carbocycles. The summed E-state index contributed by atoms with van der Waals surface area (Å²) in [4.78, 5) is 28.2. The van der Waals surface area contributed by atoms with Gasteiger partial charge in [0.15, 0.2) is 0 Å². The second-order valence-electron chi connectivity index (χ2n) is 8.88. The van der Waals surface area contributed by atoms with Crippen molar-refractivity contribution in [3.05, 3.63) is 64.5 Å². The van der Waals surface area contributed by atoms with Gasteiger partial charge in [-0.3, -0.25) is 9.36 Å². The van der Waals surface area contributed by atoms with Gasteiger partial charge < -0.3 is 14.4 Å². The normalized spacial score (nSPS) is 18.9. The molecule has 0 fully saturated rings. The van der Waals surface area contributed by atoms with Crippen molar-refractivity contribution >= 4 is 29.0 Å². The molecule has 6 nitrogen and oxygen atoms in total. The van der Waals surface area contributed by atoms with Crippen molar-refractivity contribution in [1.82, 2.24) is 4.57 Å². The number of anilines is 1. The standard InChI is InChI=1S/C25H28N2O4S/c1-6-25(21-10-8-14-32-21)18-15-17(11-12-20(18)26(5)22(28)16-30-25)19-9-7-13-27(19)23(29)31-24(2,3)4/h7-15H,6,16H2,1-5H3. The number of benzene rings is 1. The highest BCUT2D eigenvalue weighted by Gasteiger charge is 2.41. The Morgan fingerprint density at radius 2 is 2.00 bits per heavy atom. The van der Waals surface area contributed by atoms with Gasteiger partial charge in [0, 0.05) is 29.4 Å². The van der Waals surface area contributed by atoms with Gasteiger partial charge in [-0.2, -0.15) is 0 Å². The van der Waals surface area contributed by atoms with Gasteiger partial charge in [-0.05, 0) is 68.5 Å². The number of carbonyl (C=O) groups excluding carboxylic acids is 2. The number of fused-ring (bicyclic) bond motifs is 1. The number of likely N-dealkylation sites (N-methyl/N-ethyl adjacent to an activating group) is 1. The summed E-state index contributed by atoms with van der Waals surface area (Å²) in [7, 11) is 1.77. The Labute approximate surface area is 192 Å². The van der Waals surface area contributed by atoms with E-state index in [0.29, 0.717) is 6.42 Å². The van der Waals surface area contributed by atoms with Gasteiger partial charge in [0.05, 0.1) is 5.69 Å². The van der Waals surface area contributed by atoms with E-state index in [2.05, 4.69) is 6.92 Å². The van der Waals surface area contributed by atoms with Crippen LogP contribution in [-0.2, 0) is 19.9 Å². The van der Waals surface area contributed by atoms with Crippen LogP contribution in [0, 0.1) is 0 Å². The average molecular weight is 453 g/mol. The van der Waals surface area contributed by atoms with Gasteiger partial charge in [-0.25, -0.2) is 4.79 Å². The first-order valence-electron chi connectivity index (χ1n) is 10.7. The number of thiophene rings is 1. The van der Waals surface area contributed by atoms with E-state index < -0.39 is 17.3 Å². The molecule has 0 saturated carbocycles.